The van der Waals surface area contributed by atoms with Gasteiger partial charge in [0.25, 0.3) is 0 Å². The molecule has 1 aromatic rings. The van der Waals surface area contributed by atoms with Crippen LogP contribution < -0.4 is 5.73 Å². The normalized spacial score (nSPS) is 10.8. The molecule has 1 aromatic heterocycles. The van der Waals surface area contributed by atoms with E-state index in [0.29, 0.717) is 10.7 Å². The first-order chi connectivity index (χ1) is 6.09. The highest BCUT2D eigenvalue weighted by atomic mass is 35.5. The van der Waals surface area contributed by atoms with E-state index in [1.54, 1.807) is 12.1 Å². The number of halogens is 3. The van der Waals surface area contributed by atoms with Crippen LogP contribution in [0.4, 0.5) is 0 Å². The third kappa shape index (κ3) is 5.79. The zero-order chi connectivity index (χ0) is 9.84. The predicted octanol–water partition coefficient (Wildman–Crippen LogP) is 1.53. The predicted molar refractivity (Wildman–Crippen MR) is 63.1 cm³/mol. The molecule has 0 saturated heterocycles. The van der Waals surface area contributed by atoms with Crippen molar-refractivity contribution in [2.45, 2.75) is 12.5 Å². The second-order valence-electron chi connectivity index (χ2n) is 2.62. The first-order valence-electron chi connectivity index (χ1n) is 3.68. The maximum absolute atomic E-state index is 10.4. The van der Waals surface area contributed by atoms with Crippen molar-refractivity contribution in [2.75, 3.05) is 0 Å². The molecule has 7 heteroatoms. The summed E-state index contributed by atoms with van der Waals surface area (Å²) in [4.78, 5) is 14.3. The minimum atomic E-state index is -1.03. The van der Waals surface area contributed by atoms with Crippen LogP contribution in [0.3, 0.4) is 0 Å². The van der Waals surface area contributed by atoms with Gasteiger partial charge in [0.15, 0.2) is 0 Å². The SMILES string of the molecule is Cl.Cl.N[C@@H](Cc1ccc(Cl)cn1)C(=O)O. The van der Waals surface area contributed by atoms with E-state index in [-0.39, 0.29) is 31.2 Å². The molecule has 4 nitrogen and oxygen atoms in total. The Morgan fingerprint density at radius 3 is 2.53 bits per heavy atom. The molecule has 0 unspecified atom stereocenters. The van der Waals surface area contributed by atoms with Crippen LogP contribution in [0.15, 0.2) is 18.3 Å². The van der Waals surface area contributed by atoms with E-state index in [0.717, 1.165) is 0 Å². The summed E-state index contributed by atoms with van der Waals surface area (Å²) in [5.74, 6) is -1.03. The molecule has 1 heterocycles. The monoisotopic (exact) mass is 272 g/mol. The van der Waals surface area contributed by atoms with E-state index in [9.17, 15) is 4.79 Å². The third-order valence-electron chi connectivity index (χ3n) is 1.53. The molecule has 0 bridgehead atoms. The summed E-state index contributed by atoms with van der Waals surface area (Å²) >= 11 is 5.60. The number of carboxylic acid groups (broad SMARTS) is 1. The molecule has 0 spiro atoms. The first-order valence-corrected chi connectivity index (χ1v) is 4.06. The van der Waals surface area contributed by atoms with Crippen LogP contribution in [-0.2, 0) is 11.2 Å². The molecule has 0 aliphatic carbocycles. The number of pyridine rings is 1. The number of nitrogens with two attached hydrogens (primary N) is 1. The fraction of sp³-hybridized carbons (Fsp3) is 0.250. The molecular weight excluding hydrogens is 262 g/mol. The van der Waals surface area contributed by atoms with E-state index in [4.69, 9.17) is 22.4 Å². The van der Waals surface area contributed by atoms with Gasteiger partial charge in [0.05, 0.1) is 5.02 Å². The lowest BCUT2D eigenvalue weighted by atomic mass is 10.1. The fourth-order valence-electron chi connectivity index (χ4n) is 0.840. The van der Waals surface area contributed by atoms with Gasteiger partial charge in [0.2, 0.25) is 0 Å². The molecule has 0 saturated carbocycles. The van der Waals surface area contributed by atoms with Crippen molar-refractivity contribution in [2.24, 2.45) is 5.73 Å². The number of nitrogens with zero attached hydrogens (tertiary/aromatic N) is 1. The molecule has 86 valence electrons. The smallest absolute Gasteiger partial charge is 0.320 e. The Hall–Kier alpha value is -0.550. The van der Waals surface area contributed by atoms with Crippen LogP contribution in [0.1, 0.15) is 5.69 Å². The summed E-state index contributed by atoms with van der Waals surface area (Å²) < 4.78 is 0. The number of aliphatic carboxylic acids is 1. The lowest BCUT2D eigenvalue weighted by Crippen LogP contribution is -2.32. The molecule has 0 amide bonds. The standard InChI is InChI=1S/C8H9ClN2O2.2ClH/c9-5-1-2-6(11-4-5)3-7(10)8(12)13;;/h1-2,4,7H,3,10H2,(H,12,13);2*1H/t7-;;/m0../s1. The van der Waals surface area contributed by atoms with Crippen molar-refractivity contribution in [3.8, 4) is 0 Å². The summed E-state index contributed by atoms with van der Waals surface area (Å²) in [5.41, 5.74) is 5.94. The molecule has 0 aromatic carbocycles. The molecule has 1 atom stereocenters. The number of carboxylic acids is 1. The highest BCUT2D eigenvalue weighted by molar-refractivity contribution is 6.30. The molecule has 0 aliphatic heterocycles. The maximum Gasteiger partial charge on any atom is 0.320 e. The van der Waals surface area contributed by atoms with Gasteiger partial charge >= 0.3 is 5.97 Å². The third-order valence-corrected chi connectivity index (χ3v) is 1.76. The van der Waals surface area contributed by atoms with Crippen molar-refractivity contribution in [3.05, 3.63) is 29.0 Å². The van der Waals surface area contributed by atoms with Crippen molar-refractivity contribution in [1.29, 1.82) is 0 Å². The number of rotatable bonds is 3. The van der Waals surface area contributed by atoms with Crippen molar-refractivity contribution < 1.29 is 9.90 Å². The van der Waals surface area contributed by atoms with Gasteiger partial charge in [0.1, 0.15) is 6.04 Å². The average Bonchev–Trinajstić information content (AvgIpc) is 2.08. The van der Waals surface area contributed by atoms with Gasteiger partial charge in [-0.25, -0.2) is 0 Å². The number of hydrogen-bond acceptors (Lipinski definition) is 3. The van der Waals surface area contributed by atoms with E-state index in [2.05, 4.69) is 4.98 Å². The van der Waals surface area contributed by atoms with Gasteiger partial charge in [-0.15, -0.1) is 24.8 Å². The van der Waals surface area contributed by atoms with Crippen LogP contribution >= 0.6 is 36.4 Å². The zero-order valence-corrected chi connectivity index (χ0v) is 9.98. The second kappa shape index (κ2) is 7.70. The molecular formula is C8H11Cl3N2O2. The van der Waals surface area contributed by atoms with E-state index >= 15 is 0 Å². The van der Waals surface area contributed by atoms with Gasteiger partial charge < -0.3 is 10.8 Å². The Labute approximate surface area is 105 Å². The topological polar surface area (TPSA) is 76.2 Å². The lowest BCUT2D eigenvalue weighted by Gasteiger charge is -2.04. The Balaban J connectivity index is 0. The summed E-state index contributed by atoms with van der Waals surface area (Å²) in [7, 11) is 0. The van der Waals surface area contributed by atoms with Gasteiger partial charge in [-0.1, -0.05) is 11.6 Å². The highest BCUT2D eigenvalue weighted by Crippen LogP contribution is 2.07. The minimum Gasteiger partial charge on any atom is -0.480 e. The molecule has 0 aliphatic rings. The Morgan fingerprint density at radius 1 is 1.53 bits per heavy atom. The van der Waals surface area contributed by atoms with Crippen LogP contribution in [0.2, 0.25) is 5.02 Å². The van der Waals surface area contributed by atoms with Crippen LogP contribution in [0.5, 0.6) is 0 Å². The average molecular weight is 274 g/mol. The van der Waals surface area contributed by atoms with E-state index < -0.39 is 12.0 Å². The minimum absolute atomic E-state index is 0. The Bertz CT molecular complexity index is 305. The molecule has 0 fully saturated rings. The number of carbonyl (C=O) groups is 1. The van der Waals surface area contributed by atoms with Crippen LogP contribution in [-0.4, -0.2) is 22.1 Å². The lowest BCUT2D eigenvalue weighted by molar-refractivity contribution is -0.138. The van der Waals surface area contributed by atoms with Gasteiger partial charge in [-0.2, -0.15) is 0 Å². The summed E-state index contributed by atoms with van der Waals surface area (Å²) in [6.45, 7) is 0. The van der Waals surface area contributed by atoms with Crippen molar-refractivity contribution in [3.63, 3.8) is 0 Å². The largest absolute Gasteiger partial charge is 0.480 e. The second-order valence-corrected chi connectivity index (χ2v) is 3.05. The fourth-order valence-corrected chi connectivity index (χ4v) is 0.952. The molecule has 0 radical (unpaired) electrons. The zero-order valence-electron chi connectivity index (χ0n) is 7.59. The van der Waals surface area contributed by atoms with Crippen LogP contribution in [0.25, 0.3) is 0 Å². The number of hydrogen-bond donors (Lipinski definition) is 2. The summed E-state index contributed by atoms with van der Waals surface area (Å²) in [6, 6.07) is 2.40. The summed E-state index contributed by atoms with van der Waals surface area (Å²) in [5, 5.41) is 9.04. The Morgan fingerprint density at radius 2 is 2.13 bits per heavy atom. The van der Waals surface area contributed by atoms with Crippen molar-refractivity contribution in [1.82, 2.24) is 4.98 Å². The van der Waals surface area contributed by atoms with E-state index in [1.807, 2.05) is 0 Å². The van der Waals surface area contributed by atoms with Gasteiger partial charge in [-0.3, -0.25) is 9.78 Å². The number of aromatic nitrogens is 1. The maximum atomic E-state index is 10.4. The molecule has 1 rings (SSSR count). The first kappa shape index (κ1) is 16.9. The Kier molecular flexibility index (Phi) is 8.66. The molecule has 15 heavy (non-hydrogen) atoms. The molecule has 3 N–H and O–H groups in total. The van der Waals surface area contributed by atoms with E-state index in [1.165, 1.54) is 6.20 Å². The highest BCUT2D eigenvalue weighted by Gasteiger charge is 2.12. The van der Waals surface area contributed by atoms with Gasteiger partial charge in [0, 0.05) is 18.3 Å². The van der Waals surface area contributed by atoms with Crippen LogP contribution in [0, 0.1) is 0 Å². The van der Waals surface area contributed by atoms with Gasteiger partial charge in [-0.05, 0) is 12.1 Å². The quantitative estimate of drug-likeness (QED) is 0.876. The van der Waals surface area contributed by atoms with Crippen molar-refractivity contribution >= 4 is 42.4 Å². The summed E-state index contributed by atoms with van der Waals surface area (Å²) in [6.07, 6.45) is 1.68.